The van der Waals surface area contributed by atoms with E-state index in [-0.39, 0.29) is 24.5 Å². The lowest BCUT2D eigenvalue weighted by molar-refractivity contribution is -0.121. The van der Waals surface area contributed by atoms with Crippen LogP contribution >= 0.6 is 0 Å². The first-order chi connectivity index (χ1) is 13.6. The van der Waals surface area contributed by atoms with Crippen molar-refractivity contribution in [1.29, 1.82) is 0 Å². The van der Waals surface area contributed by atoms with Gasteiger partial charge in [-0.15, -0.1) is 0 Å². The SMILES string of the molecule is CC(NC(=O)Cc1cccc2cccnc12)c1cccc(N2CCOC2=O)c1. The summed E-state index contributed by atoms with van der Waals surface area (Å²) in [6, 6.07) is 17.1. The molecule has 0 spiro atoms. The van der Waals surface area contributed by atoms with Crippen molar-refractivity contribution < 1.29 is 14.3 Å². The zero-order valence-corrected chi connectivity index (χ0v) is 15.6. The molecule has 1 unspecified atom stereocenters. The van der Waals surface area contributed by atoms with Crippen molar-refractivity contribution in [1.82, 2.24) is 10.3 Å². The van der Waals surface area contributed by atoms with Gasteiger partial charge in [0, 0.05) is 17.3 Å². The number of carbonyl (C=O) groups is 2. The Morgan fingerprint density at radius 1 is 1.21 bits per heavy atom. The Balaban J connectivity index is 1.47. The molecule has 28 heavy (non-hydrogen) atoms. The molecule has 1 fully saturated rings. The minimum absolute atomic E-state index is 0.0726. The topological polar surface area (TPSA) is 71.5 Å². The fourth-order valence-corrected chi connectivity index (χ4v) is 3.45. The lowest BCUT2D eigenvalue weighted by atomic mass is 10.0. The minimum Gasteiger partial charge on any atom is -0.447 e. The van der Waals surface area contributed by atoms with Gasteiger partial charge in [-0.25, -0.2) is 4.79 Å². The number of hydrogen-bond donors (Lipinski definition) is 1. The number of carbonyl (C=O) groups excluding carboxylic acids is 2. The summed E-state index contributed by atoms with van der Waals surface area (Å²) in [6.45, 7) is 2.87. The maximum absolute atomic E-state index is 12.6. The van der Waals surface area contributed by atoms with E-state index in [9.17, 15) is 9.59 Å². The number of rotatable bonds is 5. The molecule has 2 aromatic carbocycles. The van der Waals surface area contributed by atoms with E-state index in [4.69, 9.17) is 4.74 Å². The smallest absolute Gasteiger partial charge is 0.414 e. The Hall–Kier alpha value is -3.41. The molecular formula is C22H21N3O3. The van der Waals surface area contributed by atoms with Gasteiger partial charge >= 0.3 is 6.09 Å². The van der Waals surface area contributed by atoms with E-state index in [2.05, 4.69) is 10.3 Å². The van der Waals surface area contributed by atoms with Gasteiger partial charge < -0.3 is 10.1 Å². The fraction of sp³-hybridized carbons (Fsp3) is 0.227. The van der Waals surface area contributed by atoms with Crippen molar-refractivity contribution in [2.75, 3.05) is 18.1 Å². The van der Waals surface area contributed by atoms with Crippen LogP contribution in [0.25, 0.3) is 10.9 Å². The van der Waals surface area contributed by atoms with Crippen LogP contribution in [0, 0.1) is 0 Å². The highest BCUT2D eigenvalue weighted by Gasteiger charge is 2.24. The molecule has 0 radical (unpaired) electrons. The number of pyridine rings is 1. The normalized spacial score (nSPS) is 14.8. The second-order valence-corrected chi connectivity index (χ2v) is 6.82. The van der Waals surface area contributed by atoms with Gasteiger partial charge in [0.25, 0.3) is 0 Å². The summed E-state index contributed by atoms with van der Waals surface area (Å²) in [7, 11) is 0. The highest BCUT2D eigenvalue weighted by molar-refractivity contribution is 5.90. The maximum Gasteiger partial charge on any atom is 0.414 e. The molecular weight excluding hydrogens is 354 g/mol. The number of para-hydroxylation sites is 1. The number of amides is 2. The first-order valence-corrected chi connectivity index (χ1v) is 9.28. The Labute approximate surface area is 163 Å². The van der Waals surface area contributed by atoms with Crippen LogP contribution in [0.3, 0.4) is 0 Å². The predicted octanol–water partition coefficient (Wildman–Crippen LogP) is 3.61. The van der Waals surface area contributed by atoms with Gasteiger partial charge in [0.05, 0.1) is 24.5 Å². The van der Waals surface area contributed by atoms with Crippen LogP contribution in [0.2, 0.25) is 0 Å². The van der Waals surface area contributed by atoms with E-state index in [0.29, 0.717) is 13.2 Å². The second kappa shape index (κ2) is 7.68. The number of benzene rings is 2. The van der Waals surface area contributed by atoms with E-state index >= 15 is 0 Å². The number of anilines is 1. The summed E-state index contributed by atoms with van der Waals surface area (Å²) in [5.74, 6) is -0.0726. The first-order valence-electron chi connectivity index (χ1n) is 9.28. The minimum atomic E-state index is -0.336. The lowest BCUT2D eigenvalue weighted by Crippen LogP contribution is -2.28. The van der Waals surface area contributed by atoms with E-state index < -0.39 is 0 Å². The second-order valence-electron chi connectivity index (χ2n) is 6.82. The molecule has 1 atom stereocenters. The van der Waals surface area contributed by atoms with Crippen LogP contribution in [0.1, 0.15) is 24.1 Å². The standard InChI is InChI=1S/C22H21N3O3/c1-15(17-6-3-9-19(13-17)25-11-12-28-22(25)27)24-20(26)14-18-7-2-5-16-8-4-10-23-21(16)18/h2-10,13,15H,11-12,14H2,1H3,(H,24,26). The molecule has 6 nitrogen and oxygen atoms in total. The average Bonchev–Trinajstić information content (AvgIpc) is 3.14. The Kier molecular flexibility index (Phi) is 4.93. The van der Waals surface area contributed by atoms with Crippen molar-refractivity contribution in [3.8, 4) is 0 Å². The molecule has 1 aliphatic heterocycles. The summed E-state index contributed by atoms with van der Waals surface area (Å²) in [5, 5.41) is 4.06. The van der Waals surface area contributed by atoms with Gasteiger partial charge in [-0.2, -0.15) is 0 Å². The third-order valence-corrected chi connectivity index (χ3v) is 4.89. The zero-order valence-electron chi connectivity index (χ0n) is 15.6. The molecule has 2 heterocycles. The van der Waals surface area contributed by atoms with Crippen molar-refractivity contribution in [3.63, 3.8) is 0 Å². The molecule has 142 valence electrons. The quantitative estimate of drug-likeness (QED) is 0.739. The van der Waals surface area contributed by atoms with Gasteiger partial charge in [0.15, 0.2) is 0 Å². The van der Waals surface area contributed by atoms with Gasteiger partial charge in [-0.05, 0) is 36.2 Å². The van der Waals surface area contributed by atoms with Gasteiger partial charge in [0.1, 0.15) is 6.61 Å². The largest absolute Gasteiger partial charge is 0.447 e. The Morgan fingerprint density at radius 2 is 2.04 bits per heavy atom. The lowest BCUT2D eigenvalue weighted by Gasteiger charge is -2.18. The molecule has 4 rings (SSSR count). The van der Waals surface area contributed by atoms with E-state index in [0.717, 1.165) is 27.7 Å². The fourth-order valence-electron chi connectivity index (χ4n) is 3.45. The average molecular weight is 375 g/mol. The summed E-state index contributed by atoms with van der Waals surface area (Å²) < 4.78 is 5.00. The molecule has 1 aliphatic rings. The van der Waals surface area contributed by atoms with Crippen LogP contribution in [-0.4, -0.2) is 30.1 Å². The monoisotopic (exact) mass is 375 g/mol. The van der Waals surface area contributed by atoms with Crippen LogP contribution in [0.4, 0.5) is 10.5 Å². The summed E-state index contributed by atoms with van der Waals surface area (Å²) in [5.41, 5.74) is 3.46. The molecule has 2 amide bonds. The molecule has 1 N–H and O–H groups in total. The van der Waals surface area contributed by atoms with Crippen molar-refractivity contribution >= 4 is 28.6 Å². The molecule has 1 saturated heterocycles. The number of fused-ring (bicyclic) bond motifs is 1. The van der Waals surface area contributed by atoms with Crippen molar-refractivity contribution in [2.45, 2.75) is 19.4 Å². The number of aromatic nitrogens is 1. The van der Waals surface area contributed by atoms with Gasteiger partial charge in [-0.1, -0.05) is 36.4 Å². The number of cyclic esters (lactones) is 1. The number of nitrogens with zero attached hydrogens (tertiary/aromatic N) is 2. The molecule has 0 saturated carbocycles. The van der Waals surface area contributed by atoms with Gasteiger partial charge in [0.2, 0.25) is 5.91 Å². The first kappa shape index (κ1) is 18.0. The van der Waals surface area contributed by atoms with E-state index in [1.54, 1.807) is 11.1 Å². The number of hydrogen-bond acceptors (Lipinski definition) is 4. The van der Waals surface area contributed by atoms with E-state index in [1.807, 2.05) is 61.5 Å². The van der Waals surface area contributed by atoms with Crippen LogP contribution < -0.4 is 10.2 Å². The maximum atomic E-state index is 12.6. The third kappa shape index (κ3) is 3.67. The number of ether oxygens (including phenoxy) is 1. The van der Waals surface area contributed by atoms with Crippen LogP contribution in [-0.2, 0) is 16.0 Å². The zero-order chi connectivity index (χ0) is 19.5. The third-order valence-electron chi connectivity index (χ3n) is 4.89. The van der Waals surface area contributed by atoms with E-state index in [1.165, 1.54) is 0 Å². The molecule has 1 aromatic heterocycles. The molecule has 6 heteroatoms. The highest BCUT2D eigenvalue weighted by atomic mass is 16.6. The summed E-state index contributed by atoms with van der Waals surface area (Å²) in [6.07, 6.45) is 1.66. The summed E-state index contributed by atoms with van der Waals surface area (Å²) in [4.78, 5) is 30.4. The summed E-state index contributed by atoms with van der Waals surface area (Å²) >= 11 is 0. The van der Waals surface area contributed by atoms with Crippen LogP contribution in [0.5, 0.6) is 0 Å². The molecule has 0 aliphatic carbocycles. The Bertz CT molecular complexity index is 1030. The Morgan fingerprint density at radius 3 is 2.86 bits per heavy atom. The van der Waals surface area contributed by atoms with Crippen molar-refractivity contribution in [3.05, 3.63) is 71.9 Å². The van der Waals surface area contributed by atoms with Crippen molar-refractivity contribution in [2.24, 2.45) is 0 Å². The van der Waals surface area contributed by atoms with Crippen LogP contribution in [0.15, 0.2) is 60.8 Å². The predicted molar refractivity (Wildman–Crippen MR) is 107 cm³/mol. The highest BCUT2D eigenvalue weighted by Crippen LogP contribution is 2.23. The van der Waals surface area contributed by atoms with Gasteiger partial charge in [-0.3, -0.25) is 14.7 Å². The number of nitrogens with one attached hydrogen (secondary N) is 1. The molecule has 3 aromatic rings. The molecule has 0 bridgehead atoms.